The first kappa shape index (κ1) is 13.5. The highest BCUT2D eigenvalue weighted by atomic mass is 35.5. The zero-order valence-electron chi connectivity index (χ0n) is 10.2. The van der Waals surface area contributed by atoms with Crippen LogP contribution >= 0.6 is 23.2 Å². The zero-order chi connectivity index (χ0) is 13.1. The lowest BCUT2D eigenvalue weighted by Gasteiger charge is -2.30. The standard InChI is InChI=1S/C13H16Cl2N2O/c1-9-5-7-17(8-6-9)13(18)16-11-4-2-3-10(14)12(11)15/h2-4,9H,5-8H2,1H3,(H,16,18). The van der Waals surface area contributed by atoms with Crippen LogP contribution in [0.1, 0.15) is 19.8 Å². The largest absolute Gasteiger partial charge is 0.325 e. The van der Waals surface area contributed by atoms with Gasteiger partial charge < -0.3 is 10.2 Å². The van der Waals surface area contributed by atoms with Crippen molar-refractivity contribution < 1.29 is 4.79 Å². The maximum atomic E-state index is 12.1. The molecule has 5 heteroatoms. The van der Waals surface area contributed by atoms with E-state index in [4.69, 9.17) is 23.2 Å². The monoisotopic (exact) mass is 286 g/mol. The Labute approximate surface area is 117 Å². The molecule has 2 amide bonds. The minimum atomic E-state index is -0.105. The number of carbonyl (C=O) groups excluding carboxylic acids is 1. The molecule has 1 aromatic rings. The van der Waals surface area contributed by atoms with Crippen molar-refractivity contribution in [2.24, 2.45) is 5.92 Å². The van der Waals surface area contributed by atoms with Gasteiger partial charge in [0.05, 0.1) is 15.7 Å². The number of benzene rings is 1. The van der Waals surface area contributed by atoms with Gasteiger partial charge in [-0.2, -0.15) is 0 Å². The second kappa shape index (κ2) is 5.81. The molecule has 0 aliphatic carbocycles. The molecule has 0 aromatic heterocycles. The van der Waals surface area contributed by atoms with E-state index in [2.05, 4.69) is 12.2 Å². The highest BCUT2D eigenvalue weighted by molar-refractivity contribution is 6.43. The van der Waals surface area contributed by atoms with Gasteiger partial charge >= 0.3 is 6.03 Å². The van der Waals surface area contributed by atoms with Gasteiger partial charge in [-0.05, 0) is 30.9 Å². The smallest absolute Gasteiger partial charge is 0.321 e. The number of halogens is 2. The molecule has 0 radical (unpaired) electrons. The van der Waals surface area contributed by atoms with Crippen molar-refractivity contribution in [2.75, 3.05) is 18.4 Å². The Kier molecular flexibility index (Phi) is 4.36. The van der Waals surface area contributed by atoms with E-state index in [1.165, 1.54) is 0 Å². The van der Waals surface area contributed by atoms with Crippen LogP contribution in [-0.2, 0) is 0 Å². The molecule has 2 rings (SSSR count). The molecule has 1 saturated heterocycles. The second-order valence-electron chi connectivity index (χ2n) is 4.70. The summed E-state index contributed by atoms with van der Waals surface area (Å²) in [7, 11) is 0. The molecule has 98 valence electrons. The van der Waals surface area contributed by atoms with Crippen LogP contribution in [0.3, 0.4) is 0 Å². The third-order valence-electron chi connectivity index (χ3n) is 3.26. The van der Waals surface area contributed by atoms with Gasteiger partial charge in [0.25, 0.3) is 0 Å². The summed E-state index contributed by atoms with van der Waals surface area (Å²) in [5, 5.41) is 3.64. The highest BCUT2D eigenvalue weighted by Crippen LogP contribution is 2.30. The Morgan fingerprint density at radius 1 is 1.33 bits per heavy atom. The molecule has 0 unspecified atom stereocenters. The molecule has 3 nitrogen and oxygen atoms in total. The lowest BCUT2D eigenvalue weighted by molar-refractivity contribution is 0.186. The van der Waals surface area contributed by atoms with Crippen LogP contribution in [0.15, 0.2) is 18.2 Å². The van der Waals surface area contributed by atoms with Crippen LogP contribution in [0.5, 0.6) is 0 Å². The number of piperidine rings is 1. The molecule has 1 fully saturated rings. The van der Waals surface area contributed by atoms with Crippen LogP contribution < -0.4 is 5.32 Å². The first-order valence-corrected chi connectivity index (χ1v) is 6.83. The summed E-state index contributed by atoms with van der Waals surface area (Å²) >= 11 is 11.9. The van der Waals surface area contributed by atoms with E-state index in [0.717, 1.165) is 25.9 Å². The molecule has 0 atom stereocenters. The topological polar surface area (TPSA) is 32.3 Å². The van der Waals surface area contributed by atoms with Crippen LogP contribution in [0.4, 0.5) is 10.5 Å². The molecule has 0 bridgehead atoms. The average Bonchev–Trinajstić information content (AvgIpc) is 2.36. The van der Waals surface area contributed by atoms with Gasteiger partial charge in [-0.3, -0.25) is 0 Å². The summed E-state index contributed by atoms with van der Waals surface area (Å²) in [5.41, 5.74) is 0.563. The molecule has 0 saturated carbocycles. The number of carbonyl (C=O) groups is 1. The summed E-state index contributed by atoms with van der Waals surface area (Å²) in [4.78, 5) is 13.9. The van der Waals surface area contributed by atoms with Crippen molar-refractivity contribution >= 4 is 34.9 Å². The van der Waals surface area contributed by atoms with E-state index in [0.29, 0.717) is 21.7 Å². The van der Waals surface area contributed by atoms with Crippen molar-refractivity contribution in [3.05, 3.63) is 28.2 Å². The fraction of sp³-hybridized carbons (Fsp3) is 0.462. The number of rotatable bonds is 1. The quantitative estimate of drug-likeness (QED) is 0.822. The number of amides is 2. The predicted octanol–water partition coefficient (Wildman–Crippen LogP) is 4.26. The van der Waals surface area contributed by atoms with Crippen LogP contribution in [-0.4, -0.2) is 24.0 Å². The fourth-order valence-electron chi connectivity index (χ4n) is 2.01. The zero-order valence-corrected chi connectivity index (χ0v) is 11.8. The van der Waals surface area contributed by atoms with Gasteiger partial charge in [0.1, 0.15) is 0 Å². The molecule has 1 N–H and O–H groups in total. The van der Waals surface area contributed by atoms with Gasteiger partial charge in [0, 0.05) is 13.1 Å². The molecular formula is C13H16Cl2N2O. The van der Waals surface area contributed by atoms with Crippen molar-refractivity contribution in [1.29, 1.82) is 0 Å². The van der Waals surface area contributed by atoms with E-state index in [1.54, 1.807) is 18.2 Å². The normalized spacial score (nSPS) is 16.7. The third kappa shape index (κ3) is 3.09. The van der Waals surface area contributed by atoms with Crippen LogP contribution in [0.2, 0.25) is 10.0 Å². The Morgan fingerprint density at radius 3 is 2.67 bits per heavy atom. The lowest BCUT2D eigenvalue weighted by Crippen LogP contribution is -2.40. The molecule has 1 heterocycles. The Hall–Kier alpha value is -0.930. The summed E-state index contributed by atoms with van der Waals surface area (Å²) in [6.45, 7) is 3.81. The number of nitrogens with one attached hydrogen (secondary N) is 1. The Morgan fingerprint density at radius 2 is 2.00 bits per heavy atom. The first-order chi connectivity index (χ1) is 8.58. The number of hydrogen-bond donors (Lipinski definition) is 1. The third-order valence-corrected chi connectivity index (χ3v) is 4.08. The van der Waals surface area contributed by atoms with E-state index in [9.17, 15) is 4.79 Å². The van der Waals surface area contributed by atoms with Gasteiger partial charge in [0.2, 0.25) is 0 Å². The van der Waals surface area contributed by atoms with E-state index < -0.39 is 0 Å². The van der Waals surface area contributed by atoms with Crippen LogP contribution in [0, 0.1) is 5.92 Å². The number of anilines is 1. The Balaban J connectivity index is 2.01. The molecular weight excluding hydrogens is 271 g/mol. The summed E-state index contributed by atoms with van der Waals surface area (Å²) in [5.74, 6) is 0.698. The van der Waals surface area contributed by atoms with Crippen molar-refractivity contribution in [2.45, 2.75) is 19.8 Å². The molecule has 1 aliphatic heterocycles. The maximum Gasteiger partial charge on any atom is 0.321 e. The van der Waals surface area contributed by atoms with Crippen molar-refractivity contribution in [3.8, 4) is 0 Å². The first-order valence-electron chi connectivity index (χ1n) is 6.08. The highest BCUT2D eigenvalue weighted by Gasteiger charge is 2.20. The molecule has 18 heavy (non-hydrogen) atoms. The summed E-state index contributed by atoms with van der Waals surface area (Å²) < 4.78 is 0. The fourth-order valence-corrected chi connectivity index (χ4v) is 2.35. The Bertz CT molecular complexity index is 443. The minimum Gasteiger partial charge on any atom is -0.325 e. The number of nitrogens with zero attached hydrogens (tertiary/aromatic N) is 1. The average molecular weight is 287 g/mol. The maximum absolute atomic E-state index is 12.1. The SMILES string of the molecule is CC1CCN(C(=O)Nc2cccc(Cl)c2Cl)CC1. The van der Waals surface area contributed by atoms with E-state index in [1.807, 2.05) is 4.90 Å². The van der Waals surface area contributed by atoms with Crippen molar-refractivity contribution in [3.63, 3.8) is 0 Å². The number of hydrogen-bond acceptors (Lipinski definition) is 1. The molecule has 0 spiro atoms. The number of likely N-dealkylation sites (tertiary alicyclic amines) is 1. The summed E-state index contributed by atoms with van der Waals surface area (Å²) in [6.07, 6.45) is 2.10. The van der Waals surface area contributed by atoms with E-state index in [-0.39, 0.29) is 6.03 Å². The summed E-state index contributed by atoms with van der Waals surface area (Å²) in [6, 6.07) is 5.11. The second-order valence-corrected chi connectivity index (χ2v) is 5.49. The molecule has 1 aliphatic rings. The van der Waals surface area contributed by atoms with Crippen molar-refractivity contribution in [1.82, 2.24) is 4.90 Å². The van der Waals surface area contributed by atoms with Crippen LogP contribution in [0.25, 0.3) is 0 Å². The molecule has 1 aromatic carbocycles. The van der Waals surface area contributed by atoms with Gasteiger partial charge in [0.15, 0.2) is 0 Å². The van der Waals surface area contributed by atoms with E-state index >= 15 is 0 Å². The predicted molar refractivity (Wildman–Crippen MR) is 75.5 cm³/mol. The van der Waals surface area contributed by atoms with Gasteiger partial charge in [-0.1, -0.05) is 36.2 Å². The number of urea groups is 1. The minimum absolute atomic E-state index is 0.105. The lowest BCUT2D eigenvalue weighted by atomic mass is 10.00. The van der Waals surface area contributed by atoms with Gasteiger partial charge in [-0.25, -0.2) is 4.79 Å². The van der Waals surface area contributed by atoms with Gasteiger partial charge in [-0.15, -0.1) is 0 Å².